The van der Waals surface area contributed by atoms with E-state index in [0.717, 1.165) is 26.2 Å². The minimum Gasteiger partial charge on any atom is -0.312 e. The summed E-state index contributed by atoms with van der Waals surface area (Å²) in [6.45, 7) is 8.75. The third-order valence-electron chi connectivity index (χ3n) is 3.42. The van der Waals surface area contributed by atoms with E-state index in [-0.39, 0.29) is 18.2 Å². The number of hydrogen-bond donors (Lipinski definition) is 1. The molecular formula is C14H22ClFN2. The number of benzene rings is 1. The van der Waals surface area contributed by atoms with Crippen LogP contribution in [0.15, 0.2) is 24.3 Å². The Labute approximate surface area is 115 Å². The highest BCUT2D eigenvalue weighted by Gasteiger charge is 2.18. The van der Waals surface area contributed by atoms with Gasteiger partial charge in [0.2, 0.25) is 0 Å². The summed E-state index contributed by atoms with van der Waals surface area (Å²) >= 11 is 0. The number of nitrogens with zero attached hydrogens (tertiary/aromatic N) is 1. The van der Waals surface area contributed by atoms with Crippen molar-refractivity contribution in [3.05, 3.63) is 35.6 Å². The molecule has 1 N–H and O–H groups in total. The first-order valence-electron chi connectivity index (χ1n) is 6.36. The molecule has 0 aromatic heterocycles. The Morgan fingerprint density at radius 2 is 2.06 bits per heavy atom. The summed E-state index contributed by atoms with van der Waals surface area (Å²) in [5, 5.41) is 3.44. The van der Waals surface area contributed by atoms with Crippen LogP contribution in [0.5, 0.6) is 0 Å². The molecule has 2 unspecified atom stereocenters. The van der Waals surface area contributed by atoms with Crippen molar-refractivity contribution in [2.75, 3.05) is 26.2 Å². The van der Waals surface area contributed by atoms with Gasteiger partial charge in [0.15, 0.2) is 0 Å². The van der Waals surface area contributed by atoms with E-state index >= 15 is 0 Å². The number of rotatable bonds is 3. The summed E-state index contributed by atoms with van der Waals surface area (Å²) in [6.07, 6.45) is 0. The van der Waals surface area contributed by atoms with Crippen molar-refractivity contribution in [2.24, 2.45) is 0 Å². The Kier molecular flexibility index (Phi) is 6.06. The fourth-order valence-electron chi connectivity index (χ4n) is 2.46. The fourth-order valence-corrected chi connectivity index (χ4v) is 2.46. The molecule has 1 aliphatic heterocycles. The third kappa shape index (κ3) is 4.23. The average molecular weight is 273 g/mol. The lowest BCUT2D eigenvalue weighted by Gasteiger charge is -2.33. The number of nitrogens with one attached hydrogen (secondary N) is 1. The van der Waals surface area contributed by atoms with Crippen molar-refractivity contribution in [1.82, 2.24) is 10.2 Å². The normalized spacial score (nSPS) is 22.3. The van der Waals surface area contributed by atoms with Crippen LogP contribution in [0.4, 0.5) is 4.39 Å². The van der Waals surface area contributed by atoms with Gasteiger partial charge < -0.3 is 5.32 Å². The topological polar surface area (TPSA) is 15.3 Å². The standard InChI is InChI=1S/C14H21FN2.ClH/c1-11(13-3-5-14(15)6-4-13)9-17-8-7-16-12(2)10-17;/h3-6,11-12,16H,7-10H2,1-2H3;1H. The van der Waals surface area contributed by atoms with E-state index in [1.54, 1.807) is 12.1 Å². The highest BCUT2D eigenvalue weighted by atomic mass is 35.5. The van der Waals surface area contributed by atoms with E-state index in [2.05, 4.69) is 24.1 Å². The monoisotopic (exact) mass is 272 g/mol. The van der Waals surface area contributed by atoms with Crippen LogP contribution in [-0.2, 0) is 0 Å². The average Bonchev–Trinajstić information content (AvgIpc) is 2.29. The van der Waals surface area contributed by atoms with Crippen LogP contribution in [0, 0.1) is 5.82 Å². The SMILES string of the molecule is CC1CN(CC(C)c2ccc(F)cc2)CCN1.Cl. The van der Waals surface area contributed by atoms with Gasteiger partial charge in [-0.05, 0) is 30.5 Å². The minimum absolute atomic E-state index is 0. The van der Waals surface area contributed by atoms with Gasteiger partial charge in [0.05, 0.1) is 0 Å². The Morgan fingerprint density at radius 1 is 1.39 bits per heavy atom. The Hall–Kier alpha value is -0.640. The van der Waals surface area contributed by atoms with Crippen LogP contribution in [0.2, 0.25) is 0 Å². The van der Waals surface area contributed by atoms with E-state index in [0.29, 0.717) is 12.0 Å². The maximum absolute atomic E-state index is 12.8. The molecule has 2 atom stereocenters. The molecule has 0 saturated carbocycles. The molecule has 0 spiro atoms. The predicted molar refractivity (Wildman–Crippen MR) is 76.0 cm³/mol. The van der Waals surface area contributed by atoms with Crippen LogP contribution in [0.3, 0.4) is 0 Å². The van der Waals surface area contributed by atoms with Gasteiger partial charge in [-0.2, -0.15) is 0 Å². The summed E-state index contributed by atoms with van der Waals surface area (Å²) in [4.78, 5) is 2.48. The predicted octanol–water partition coefficient (Wildman–Crippen LogP) is 2.64. The van der Waals surface area contributed by atoms with Crippen LogP contribution in [-0.4, -0.2) is 37.1 Å². The summed E-state index contributed by atoms with van der Waals surface area (Å²) < 4.78 is 12.8. The second-order valence-electron chi connectivity index (χ2n) is 5.07. The van der Waals surface area contributed by atoms with Gasteiger partial charge >= 0.3 is 0 Å². The highest BCUT2D eigenvalue weighted by Crippen LogP contribution is 2.17. The van der Waals surface area contributed by atoms with Crippen LogP contribution in [0.25, 0.3) is 0 Å². The van der Waals surface area contributed by atoms with Crippen molar-refractivity contribution in [1.29, 1.82) is 0 Å². The molecule has 2 nitrogen and oxygen atoms in total. The van der Waals surface area contributed by atoms with Crippen molar-refractivity contribution in [3.63, 3.8) is 0 Å². The third-order valence-corrected chi connectivity index (χ3v) is 3.42. The van der Waals surface area contributed by atoms with Gasteiger partial charge in [0.25, 0.3) is 0 Å². The second-order valence-corrected chi connectivity index (χ2v) is 5.07. The van der Waals surface area contributed by atoms with Gasteiger partial charge in [-0.3, -0.25) is 4.90 Å². The van der Waals surface area contributed by atoms with Crippen molar-refractivity contribution in [3.8, 4) is 0 Å². The van der Waals surface area contributed by atoms with E-state index in [1.807, 2.05) is 12.1 Å². The number of halogens is 2. The molecule has 0 amide bonds. The molecule has 1 aliphatic rings. The Bertz CT molecular complexity index is 355. The lowest BCUT2D eigenvalue weighted by Crippen LogP contribution is -2.49. The Morgan fingerprint density at radius 3 is 2.67 bits per heavy atom. The smallest absolute Gasteiger partial charge is 0.123 e. The van der Waals surface area contributed by atoms with E-state index in [1.165, 1.54) is 5.56 Å². The molecular weight excluding hydrogens is 251 g/mol. The molecule has 4 heteroatoms. The first kappa shape index (κ1) is 15.4. The summed E-state index contributed by atoms with van der Waals surface area (Å²) in [7, 11) is 0. The van der Waals surface area contributed by atoms with Crippen molar-refractivity contribution in [2.45, 2.75) is 25.8 Å². The van der Waals surface area contributed by atoms with Crippen LogP contribution in [0.1, 0.15) is 25.3 Å². The van der Waals surface area contributed by atoms with E-state index < -0.39 is 0 Å². The number of hydrogen-bond acceptors (Lipinski definition) is 2. The van der Waals surface area contributed by atoms with Gasteiger partial charge in [-0.25, -0.2) is 4.39 Å². The first-order valence-corrected chi connectivity index (χ1v) is 6.36. The summed E-state index contributed by atoms with van der Waals surface area (Å²) in [5.41, 5.74) is 1.22. The zero-order valence-electron chi connectivity index (χ0n) is 11.0. The second kappa shape index (κ2) is 7.07. The maximum atomic E-state index is 12.8. The molecule has 1 saturated heterocycles. The zero-order chi connectivity index (χ0) is 12.3. The van der Waals surface area contributed by atoms with Crippen LogP contribution < -0.4 is 5.32 Å². The highest BCUT2D eigenvalue weighted by molar-refractivity contribution is 5.85. The molecule has 1 heterocycles. The molecule has 102 valence electrons. The van der Waals surface area contributed by atoms with Gasteiger partial charge in [0.1, 0.15) is 5.82 Å². The largest absolute Gasteiger partial charge is 0.312 e. The molecule has 2 rings (SSSR count). The van der Waals surface area contributed by atoms with Crippen molar-refractivity contribution >= 4 is 12.4 Å². The maximum Gasteiger partial charge on any atom is 0.123 e. The molecule has 18 heavy (non-hydrogen) atoms. The van der Waals surface area contributed by atoms with E-state index in [9.17, 15) is 4.39 Å². The van der Waals surface area contributed by atoms with Gasteiger partial charge in [-0.15, -0.1) is 12.4 Å². The Balaban J connectivity index is 0.00000162. The summed E-state index contributed by atoms with van der Waals surface area (Å²) in [5.74, 6) is 0.303. The fraction of sp³-hybridized carbons (Fsp3) is 0.571. The lowest BCUT2D eigenvalue weighted by atomic mass is 10.00. The van der Waals surface area contributed by atoms with Crippen molar-refractivity contribution < 1.29 is 4.39 Å². The van der Waals surface area contributed by atoms with Crippen LogP contribution >= 0.6 is 12.4 Å². The molecule has 0 bridgehead atoms. The summed E-state index contributed by atoms with van der Waals surface area (Å²) in [6, 6.07) is 7.46. The van der Waals surface area contributed by atoms with Gasteiger partial charge in [0, 0.05) is 32.2 Å². The van der Waals surface area contributed by atoms with Gasteiger partial charge in [-0.1, -0.05) is 19.1 Å². The lowest BCUT2D eigenvalue weighted by molar-refractivity contribution is 0.198. The molecule has 0 aliphatic carbocycles. The molecule has 1 aromatic rings. The zero-order valence-corrected chi connectivity index (χ0v) is 11.8. The molecule has 0 radical (unpaired) electrons. The molecule has 1 aromatic carbocycles. The quantitative estimate of drug-likeness (QED) is 0.910. The number of piperazine rings is 1. The first-order chi connectivity index (χ1) is 8.15. The molecule has 1 fully saturated rings. The van der Waals surface area contributed by atoms with E-state index in [4.69, 9.17) is 0 Å². The minimum atomic E-state index is -0.156.